The Kier molecular flexibility index (Phi) is 4.49. The number of anilines is 1. The molecule has 5 nitrogen and oxygen atoms in total. The number of pyridine rings is 1. The molecule has 0 spiro atoms. The SMILES string of the molecule is Cc1c(C)c2c(c(C)c1O)CCC(C)(C(=O)Nc1cc(C)c3ccccc3n1)O2. The minimum Gasteiger partial charge on any atom is -0.507 e. The molecule has 29 heavy (non-hydrogen) atoms. The first-order valence-corrected chi connectivity index (χ1v) is 9.90. The number of aromatic nitrogens is 1. The molecule has 2 N–H and O–H groups in total. The van der Waals surface area contributed by atoms with Gasteiger partial charge in [0.25, 0.3) is 5.91 Å². The third-order valence-corrected chi connectivity index (χ3v) is 6.16. The van der Waals surface area contributed by atoms with Gasteiger partial charge in [-0.3, -0.25) is 4.79 Å². The molecule has 0 bridgehead atoms. The van der Waals surface area contributed by atoms with Gasteiger partial charge in [0, 0.05) is 17.4 Å². The Morgan fingerprint density at radius 1 is 1.14 bits per heavy atom. The van der Waals surface area contributed by atoms with E-state index in [-0.39, 0.29) is 5.91 Å². The number of phenols is 1. The molecule has 2 aromatic carbocycles. The van der Waals surface area contributed by atoms with E-state index in [0.29, 0.717) is 30.2 Å². The second-order valence-electron chi connectivity index (χ2n) is 8.16. The van der Waals surface area contributed by atoms with Gasteiger partial charge in [-0.05, 0) is 75.4 Å². The summed E-state index contributed by atoms with van der Waals surface area (Å²) in [5, 5.41) is 14.4. The van der Waals surface area contributed by atoms with Gasteiger partial charge in [-0.15, -0.1) is 0 Å². The van der Waals surface area contributed by atoms with Crippen LogP contribution in [0.1, 0.15) is 41.2 Å². The number of ether oxygens (including phenoxy) is 1. The molecule has 1 aliphatic rings. The normalized spacial score (nSPS) is 18.2. The van der Waals surface area contributed by atoms with Crippen molar-refractivity contribution >= 4 is 22.6 Å². The third-order valence-electron chi connectivity index (χ3n) is 6.16. The van der Waals surface area contributed by atoms with Crippen LogP contribution in [0.2, 0.25) is 0 Å². The lowest BCUT2D eigenvalue weighted by molar-refractivity contribution is -0.131. The standard InChI is InChI=1S/C24H26N2O3/c1-13-12-20(25-19-9-7-6-8-17(13)19)26-23(28)24(5)11-10-18-16(4)21(27)14(2)15(3)22(18)29-24/h6-9,12,27H,10-11H2,1-5H3,(H,25,26,28). The van der Waals surface area contributed by atoms with Crippen LogP contribution in [-0.2, 0) is 11.2 Å². The van der Waals surface area contributed by atoms with Gasteiger partial charge in [-0.25, -0.2) is 4.98 Å². The molecular weight excluding hydrogens is 364 g/mol. The summed E-state index contributed by atoms with van der Waals surface area (Å²) in [6.07, 6.45) is 1.20. The van der Waals surface area contributed by atoms with Crippen molar-refractivity contribution in [3.05, 3.63) is 58.1 Å². The fourth-order valence-electron chi connectivity index (χ4n) is 4.07. The number of para-hydroxylation sites is 1. The Balaban J connectivity index is 1.65. The fraction of sp³-hybridized carbons (Fsp3) is 0.333. The van der Waals surface area contributed by atoms with Crippen molar-refractivity contribution in [2.24, 2.45) is 0 Å². The highest BCUT2D eigenvalue weighted by atomic mass is 16.5. The monoisotopic (exact) mass is 390 g/mol. The first-order valence-electron chi connectivity index (χ1n) is 9.90. The van der Waals surface area contributed by atoms with Crippen LogP contribution in [0.4, 0.5) is 5.82 Å². The number of phenolic OH excluding ortho intramolecular Hbond substituents is 1. The number of hydrogen-bond acceptors (Lipinski definition) is 4. The van der Waals surface area contributed by atoms with Crippen LogP contribution in [0.5, 0.6) is 11.5 Å². The van der Waals surface area contributed by atoms with Crippen LogP contribution < -0.4 is 10.1 Å². The van der Waals surface area contributed by atoms with Gasteiger partial charge in [0.15, 0.2) is 5.60 Å². The number of carbonyl (C=O) groups excluding carboxylic acids is 1. The first kappa shape index (κ1) is 19.2. The Labute approximate surface area is 170 Å². The number of nitrogens with one attached hydrogen (secondary N) is 1. The van der Waals surface area contributed by atoms with Crippen molar-refractivity contribution in [1.29, 1.82) is 0 Å². The fourth-order valence-corrected chi connectivity index (χ4v) is 4.07. The molecule has 1 aliphatic heterocycles. The van der Waals surface area contributed by atoms with E-state index in [4.69, 9.17) is 4.74 Å². The molecule has 0 radical (unpaired) electrons. The van der Waals surface area contributed by atoms with Crippen molar-refractivity contribution in [2.75, 3.05) is 5.32 Å². The second kappa shape index (κ2) is 6.76. The predicted molar refractivity (Wildman–Crippen MR) is 115 cm³/mol. The summed E-state index contributed by atoms with van der Waals surface area (Å²) in [6.45, 7) is 9.51. The topological polar surface area (TPSA) is 71.5 Å². The number of aryl methyl sites for hydroxylation is 1. The lowest BCUT2D eigenvalue weighted by Gasteiger charge is -2.36. The lowest BCUT2D eigenvalue weighted by Crippen LogP contribution is -2.48. The number of aromatic hydroxyl groups is 1. The molecule has 0 saturated heterocycles. The van der Waals surface area contributed by atoms with Crippen molar-refractivity contribution in [3.63, 3.8) is 0 Å². The maximum Gasteiger partial charge on any atom is 0.269 e. The number of benzene rings is 2. The molecule has 1 atom stereocenters. The number of nitrogens with zero attached hydrogens (tertiary/aromatic N) is 1. The second-order valence-corrected chi connectivity index (χ2v) is 8.16. The maximum atomic E-state index is 13.2. The molecule has 150 valence electrons. The molecule has 1 amide bonds. The van der Waals surface area contributed by atoms with Crippen molar-refractivity contribution in [3.8, 4) is 11.5 Å². The lowest BCUT2D eigenvalue weighted by atomic mass is 9.86. The van der Waals surface area contributed by atoms with Gasteiger partial charge in [-0.1, -0.05) is 18.2 Å². The minimum absolute atomic E-state index is 0.215. The zero-order chi connectivity index (χ0) is 20.9. The number of amides is 1. The highest BCUT2D eigenvalue weighted by Crippen LogP contribution is 2.43. The smallest absolute Gasteiger partial charge is 0.269 e. The van der Waals surface area contributed by atoms with E-state index in [1.165, 1.54) is 0 Å². The molecular formula is C24H26N2O3. The Morgan fingerprint density at radius 3 is 2.62 bits per heavy atom. The number of hydrogen-bond donors (Lipinski definition) is 2. The Bertz CT molecular complexity index is 1150. The average Bonchev–Trinajstić information content (AvgIpc) is 2.70. The quantitative estimate of drug-likeness (QED) is 0.653. The van der Waals surface area contributed by atoms with E-state index in [1.54, 1.807) is 0 Å². The molecule has 1 aromatic heterocycles. The van der Waals surface area contributed by atoms with Gasteiger partial charge in [0.05, 0.1) is 5.52 Å². The molecule has 0 saturated carbocycles. The largest absolute Gasteiger partial charge is 0.507 e. The zero-order valence-electron chi connectivity index (χ0n) is 17.5. The van der Waals surface area contributed by atoms with E-state index in [0.717, 1.165) is 38.7 Å². The molecule has 1 unspecified atom stereocenters. The highest BCUT2D eigenvalue weighted by Gasteiger charge is 2.41. The molecule has 3 aromatic rings. The van der Waals surface area contributed by atoms with E-state index in [1.807, 2.05) is 65.0 Å². The molecule has 5 heteroatoms. The van der Waals surface area contributed by atoms with E-state index < -0.39 is 5.60 Å². The van der Waals surface area contributed by atoms with E-state index in [2.05, 4.69) is 10.3 Å². The van der Waals surface area contributed by atoms with Gasteiger partial charge in [-0.2, -0.15) is 0 Å². The highest BCUT2D eigenvalue weighted by molar-refractivity contribution is 5.98. The molecule has 0 aliphatic carbocycles. The van der Waals surface area contributed by atoms with E-state index in [9.17, 15) is 9.90 Å². The predicted octanol–water partition coefficient (Wildman–Crippen LogP) is 4.90. The van der Waals surface area contributed by atoms with Gasteiger partial charge in [0.2, 0.25) is 0 Å². The summed E-state index contributed by atoms with van der Waals surface area (Å²) in [5.41, 5.74) is 4.38. The summed E-state index contributed by atoms with van der Waals surface area (Å²) in [6, 6.07) is 9.76. The molecule has 4 rings (SSSR count). The Hall–Kier alpha value is -3.08. The van der Waals surface area contributed by atoms with Crippen molar-refractivity contribution in [1.82, 2.24) is 4.98 Å². The van der Waals surface area contributed by atoms with Crippen LogP contribution >= 0.6 is 0 Å². The summed E-state index contributed by atoms with van der Waals surface area (Å²) >= 11 is 0. The zero-order valence-corrected chi connectivity index (χ0v) is 17.5. The average molecular weight is 390 g/mol. The summed E-state index contributed by atoms with van der Waals surface area (Å²) < 4.78 is 6.27. The van der Waals surface area contributed by atoms with Crippen LogP contribution in [0, 0.1) is 27.7 Å². The molecule has 2 heterocycles. The van der Waals surface area contributed by atoms with Crippen LogP contribution in [0.3, 0.4) is 0 Å². The Morgan fingerprint density at radius 2 is 1.86 bits per heavy atom. The number of rotatable bonds is 2. The summed E-state index contributed by atoms with van der Waals surface area (Å²) in [4.78, 5) is 17.8. The molecule has 0 fully saturated rings. The number of carbonyl (C=O) groups is 1. The van der Waals surface area contributed by atoms with Crippen molar-refractivity contribution < 1.29 is 14.6 Å². The van der Waals surface area contributed by atoms with Gasteiger partial charge < -0.3 is 15.2 Å². The van der Waals surface area contributed by atoms with Gasteiger partial charge >= 0.3 is 0 Å². The van der Waals surface area contributed by atoms with Crippen LogP contribution in [0.15, 0.2) is 30.3 Å². The first-order chi connectivity index (χ1) is 13.7. The maximum absolute atomic E-state index is 13.2. The minimum atomic E-state index is -1.01. The summed E-state index contributed by atoms with van der Waals surface area (Å²) in [5.74, 6) is 1.34. The van der Waals surface area contributed by atoms with Crippen LogP contribution in [-0.4, -0.2) is 21.6 Å². The third kappa shape index (κ3) is 3.11. The van der Waals surface area contributed by atoms with Gasteiger partial charge in [0.1, 0.15) is 17.3 Å². The van der Waals surface area contributed by atoms with E-state index >= 15 is 0 Å². The van der Waals surface area contributed by atoms with Crippen LogP contribution in [0.25, 0.3) is 10.9 Å². The number of fused-ring (bicyclic) bond motifs is 2. The summed E-state index contributed by atoms with van der Waals surface area (Å²) in [7, 11) is 0. The van der Waals surface area contributed by atoms with Crippen molar-refractivity contribution in [2.45, 2.75) is 53.1 Å².